The summed E-state index contributed by atoms with van der Waals surface area (Å²) in [7, 11) is 0. The van der Waals surface area contributed by atoms with Crippen molar-refractivity contribution in [2.75, 3.05) is 19.8 Å². The Bertz CT molecular complexity index is 906. The first-order valence-corrected chi connectivity index (χ1v) is 16.9. The Hall–Kier alpha value is -1.36. The van der Waals surface area contributed by atoms with Gasteiger partial charge in [0.25, 0.3) is 0 Å². The van der Waals surface area contributed by atoms with E-state index >= 15 is 0 Å². The van der Waals surface area contributed by atoms with Crippen LogP contribution in [0.2, 0.25) is 0 Å². The van der Waals surface area contributed by atoms with Gasteiger partial charge >= 0.3 is 0 Å². The number of hydrogen-bond donors (Lipinski definition) is 0. The van der Waals surface area contributed by atoms with Crippen molar-refractivity contribution in [1.82, 2.24) is 0 Å². The van der Waals surface area contributed by atoms with Gasteiger partial charge in [-0.05, 0) is 138 Å². The van der Waals surface area contributed by atoms with E-state index < -0.39 is 11.6 Å². The van der Waals surface area contributed by atoms with Gasteiger partial charge < -0.3 is 14.2 Å². The van der Waals surface area contributed by atoms with Crippen molar-refractivity contribution in [3.8, 4) is 11.5 Å². The number of hydrogen-bond acceptors (Lipinski definition) is 3. The molecule has 5 rings (SSSR count). The minimum atomic E-state index is -0.952. The molecule has 0 spiro atoms. The molecule has 0 aromatic heterocycles. The van der Waals surface area contributed by atoms with Crippen LogP contribution < -0.4 is 9.47 Å². The summed E-state index contributed by atoms with van der Waals surface area (Å²) in [6, 6.07) is 2.97. The van der Waals surface area contributed by atoms with Crippen LogP contribution in [0.15, 0.2) is 12.1 Å². The highest BCUT2D eigenvalue weighted by Gasteiger charge is 2.39. The minimum Gasteiger partial charge on any atom is -0.491 e. The molecule has 0 aliphatic heterocycles. The number of rotatable bonds is 11. The molecule has 4 fully saturated rings. The highest BCUT2D eigenvalue weighted by Crippen LogP contribution is 2.49. The number of benzene rings is 1. The van der Waals surface area contributed by atoms with E-state index in [4.69, 9.17) is 14.2 Å². The minimum absolute atomic E-state index is 0.00530. The molecule has 226 valence electrons. The Kier molecular flexibility index (Phi) is 11.1. The van der Waals surface area contributed by atoms with Gasteiger partial charge in [-0.2, -0.15) is 8.78 Å². The van der Waals surface area contributed by atoms with Crippen LogP contribution in [-0.2, 0) is 4.74 Å². The van der Waals surface area contributed by atoms with Gasteiger partial charge in [0, 0.05) is 6.61 Å². The molecular weight excluding hydrogens is 506 g/mol. The highest BCUT2D eigenvalue weighted by molar-refractivity contribution is 5.35. The summed E-state index contributed by atoms with van der Waals surface area (Å²) in [5.74, 6) is 3.68. The van der Waals surface area contributed by atoms with Crippen LogP contribution in [0.5, 0.6) is 11.5 Å². The fourth-order valence-electron chi connectivity index (χ4n) is 8.80. The van der Waals surface area contributed by atoms with Crippen LogP contribution in [0.3, 0.4) is 0 Å². The van der Waals surface area contributed by atoms with Gasteiger partial charge in [-0.1, -0.05) is 32.6 Å². The van der Waals surface area contributed by atoms with Crippen LogP contribution >= 0.6 is 0 Å². The van der Waals surface area contributed by atoms with E-state index in [9.17, 15) is 8.78 Å². The van der Waals surface area contributed by atoms with Crippen molar-refractivity contribution in [3.63, 3.8) is 0 Å². The molecule has 0 N–H and O–H groups in total. The zero-order valence-corrected chi connectivity index (χ0v) is 25.2. The molecule has 4 aliphatic rings. The van der Waals surface area contributed by atoms with Crippen molar-refractivity contribution in [2.45, 2.75) is 123 Å². The normalized spacial score (nSPS) is 34.7. The number of halogens is 2. The van der Waals surface area contributed by atoms with Crippen molar-refractivity contribution >= 4 is 0 Å². The van der Waals surface area contributed by atoms with Crippen LogP contribution in [0, 0.1) is 53.1 Å². The summed E-state index contributed by atoms with van der Waals surface area (Å²) in [4.78, 5) is 0. The molecule has 0 radical (unpaired) electrons. The maximum Gasteiger partial charge on any atom is 0.204 e. The van der Waals surface area contributed by atoms with E-state index in [0.29, 0.717) is 25.2 Å². The Balaban J connectivity index is 0.991. The summed E-state index contributed by atoms with van der Waals surface area (Å²) >= 11 is 0. The van der Waals surface area contributed by atoms with Gasteiger partial charge in [0.15, 0.2) is 11.5 Å². The first-order chi connectivity index (χ1) is 19.5. The Labute approximate surface area is 242 Å². The Morgan fingerprint density at radius 1 is 0.600 bits per heavy atom. The van der Waals surface area contributed by atoms with Gasteiger partial charge in [0.2, 0.25) is 11.6 Å². The summed E-state index contributed by atoms with van der Waals surface area (Å²) in [5.41, 5.74) is 0. The van der Waals surface area contributed by atoms with Gasteiger partial charge in [-0.15, -0.1) is 0 Å². The summed E-state index contributed by atoms with van der Waals surface area (Å²) in [6.07, 6.45) is 21.8. The largest absolute Gasteiger partial charge is 0.491 e. The molecule has 3 nitrogen and oxygen atoms in total. The van der Waals surface area contributed by atoms with E-state index in [1.807, 2.05) is 0 Å². The first-order valence-electron chi connectivity index (χ1n) is 16.9. The molecule has 1 aromatic carbocycles. The van der Waals surface area contributed by atoms with Gasteiger partial charge in [-0.3, -0.25) is 0 Å². The lowest BCUT2D eigenvalue weighted by Crippen LogP contribution is -2.36. The molecule has 0 heterocycles. The smallest absolute Gasteiger partial charge is 0.204 e. The van der Waals surface area contributed by atoms with Crippen molar-refractivity contribution in [2.24, 2.45) is 41.4 Å². The maximum atomic E-state index is 14.4. The lowest BCUT2D eigenvalue weighted by Gasteiger charge is -2.45. The molecule has 5 heteroatoms. The molecule has 0 bridgehead atoms. The van der Waals surface area contributed by atoms with Gasteiger partial charge in [0.05, 0.1) is 19.3 Å². The standard InChI is InChI=1S/C35H54F2O3/c1-3-5-24-6-8-25(9-7-24)22-39-31-16-14-27(15-17-31)29-13-12-28-20-26(10-11-30(28)21-29)23-40-33-19-18-32(38-4-2)34(36)35(33)37/h18-19,24-31H,3-17,20-23H2,1-2H3. The molecular formula is C35H54F2O3. The SMILES string of the molecule is CCCC1CCC(COC2CCC(C3CCC4CC(COc5ccc(OCC)c(F)c5F)CCC4C3)CC2)CC1. The van der Waals surface area contributed by atoms with Crippen molar-refractivity contribution in [3.05, 3.63) is 23.8 Å². The van der Waals surface area contributed by atoms with Crippen LogP contribution in [0.4, 0.5) is 8.78 Å². The number of ether oxygens (including phenoxy) is 3. The fraction of sp³-hybridized carbons (Fsp3) is 0.829. The lowest BCUT2D eigenvalue weighted by atomic mass is 9.61. The fourth-order valence-corrected chi connectivity index (χ4v) is 8.80. The molecule has 0 saturated heterocycles. The zero-order chi connectivity index (χ0) is 27.9. The van der Waals surface area contributed by atoms with Crippen LogP contribution in [0.25, 0.3) is 0 Å². The van der Waals surface area contributed by atoms with E-state index in [-0.39, 0.29) is 11.5 Å². The summed E-state index contributed by atoms with van der Waals surface area (Å²) in [5, 5.41) is 0. The Morgan fingerprint density at radius 3 is 1.82 bits per heavy atom. The second-order valence-electron chi connectivity index (χ2n) is 13.8. The average molecular weight is 561 g/mol. The topological polar surface area (TPSA) is 27.7 Å². The predicted octanol–water partition coefficient (Wildman–Crippen LogP) is 9.76. The second kappa shape index (κ2) is 14.7. The van der Waals surface area contributed by atoms with E-state index in [0.717, 1.165) is 48.5 Å². The van der Waals surface area contributed by atoms with Gasteiger partial charge in [-0.25, -0.2) is 0 Å². The monoisotopic (exact) mass is 560 g/mol. The van der Waals surface area contributed by atoms with E-state index in [2.05, 4.69) is 6.92 Å². The maximum absolute atomic E-state index is 14.4. The quantitative estimate of drug-likeness (QED) is 0.270. The third kappa shape index (κ3) is 7.72. The third-order valence-corrected chi connectivity index (χ3v) is 11.2. The third-order valence-electron chi connectivity index (χ3n) is 11.2. The van der Waals surface area contributed by atoms with Crippen molar-refractivity contribution in [1.29, 1.82) is 0 Å². The zero-order valence-electron chi connectivity index (χ0n) is 25.2. The van der Waals surface area contributed by atoms with E-state index in [1.54, 1.807) is 6.92 Å². The first kappa shape index (κ1) is 30.1. The Morgan fingerprint density at radius 2 is 1.15 bits per heavy atom. The second-order valence-corrected chi connectivity index (χ2v) is 13.8. The molecule has 1 aromatic rings. The van der Waals surface area contributed by atoms with Crippen LogP contribution in [0.1, 0.15) is 117 Å². The predicted molar refractivity (Wildman–Crippen MR) is 157 cm³/mol. The molecule has 0 amide bonds. The lowest BCUT2D eigenvalue weighted by molar-refractivity contribution is -0.0220. The number of fused-ring (bicyclic) bond motifs is 1. The van der Waals surface area contributed by atoms with E-state index in [1.165, 1.54) is 108 Å². The molecule has 4 atom stereocenters. The average Bonchev–Trinajstić information content (AvgIpc) is 2.99. The highest BCUT2D eigenvalue weighted by atomic mass is 19.2. The molecule has 4 unspecified atom stereocenters. The molecule has 40 heavy (non-hydrogen) atoms. The molecule has 4 saturated carbocycles. The van der Waals surface area contributed by atoms with Crippen molar-refractivity contribution < 1.29 is 23.0 Å². The van der Waals surface area contributed by atoms with Crippen LogP contribution in [-0.4, -0.2) is 25.9 Å². The summed E-state index contributed by atoms with van der Waals surface area (Å²) < 4.78 is 46.0. The summed E-state index contributed by atoms with van der Waals surface area (Å²) in [6.45, 7) is 5.86. The molecule has 4 aliphatic carbocycles. The van der Waals surface area contributed by atoms with Gasteiger partial charge in [0.1, 0.15) is 0 Å².